The van der Waals surface area contributed by atoms with Crippen LogP contribution in [-0.2, 0) is 4.79 Å². The first-order valence-corrected chi connectivity index (χ1v) is 8.54. The molecule has 2 aromatic rings. The Hall–Kier alpha value is -2.76. The molecule has 2 heterocycles. The number of carbonyl (C=O) groups is 2. The molecule has 2 aromatic heterocycles. The zero-order valence-corrected chi connectivity index (χ0v) is 13.6. The molecule has 2 fully saturated rings. The lowest BCUT2D eigenvalue weighted by atomic mass is 9.84. The predicted octanol–water partition coefficient (Wildman–Crippen LogP) is 2.37. The molecule has 4 atom stereocenters. The van der Waals surface area contributed by atoms with Crippen molar-refractivity contribution in [1.29, 1.82) is 0 Å². The van der Waals surface area contributed by atoms with Crippen molar-refractivity contribution in [3.05, 3.63) is 48.4 Å². The van der Waals surface area contributed by atoms with E-state index in [2.05, 4.69) is 15.3 Å². The summed E-state index contributed by atoms with van der Waals surface area (Å²) in [7, 11) is 0. The fourth-order valence-corrected chi connectivity index (χ4v) is 4.32. The lowest BCUT2D eigenvalue weighted by molar-refractivity contribution is -0.144. The molecule has 0 spiro atoms. The van der Waals surface area contributed by atoms with Gasteiger partial charge in [0.25, 0.3) is 5.91 Å². The number of nitrogens with one attached hydrogen (secondary N) is 1. The van der Waals surface area contributed by atoms with E-state index in [1.165, 1.54) is 0 Å². The molecule has 2 aliphatic rings. The maximum Gasteiger partial charge on any atom is 0.308 e. The summed E-state index contributed by atoms with van der Waals surface area (Å²) in [6, 6.07) is 8.65. The molecule has 2 saturated carbocycles. The summed E-state index contributed by atoms with van der Waals surface area (Å²) in [5, 5.41) is 12.5. The van der Waals surface area contributed by atoms with Gasteiger partial charge in [0.15, 0.2) is 0 Å². The molecule has 6 nitrogen and oxygen atoms in total. The second-order valence-corrected chi connectivity index (χ2v) is 6.84. The molecule has 2 bridgehead atoms. The fraction of sp³-hybridized carbons (Fsp3) is 0.368. The molecule has 2 N–H and O–H groups in total. The number of nitrogens with zero attached hydrogens (tertiary/aromatic N) is 2. The molecule has 25 heavy (non-hydrogen) atoms. The molecule has 0 radical (unpaired) electrons. The summed E-state index contributed by atoms with van der Waals surface area (Å²) in [6.45, 7) is 0. The van der Waals surface area contributed by atoms with E-state index in [0.29, 0.717) is 11.4 Å². The van der Waals surface area contributed by atoms with E-state index in [0.717, 1.165) is 24.8 Å². The van der Waals surface area contributed by atoms with E-state index in [-0.39, 0.29) is 23.8 Å². The normalized spacial score (nSPS) is 27.2. The van der Waals surface area contributed by atoms with Crippen LogP contribution in [0.4, 0.5) is 0 Å². The van der Waals surface area contributed by atoms with Crippen LogP contribution in [0.1, 0.15) is 29.8 Å². The van der Waals surface area contributed by atoms with Gasteiger partial charge in [-0.1, -0.05) is 6.07 Å². The van der Waals surface area contributed by atoms with Gasteiger partial charge in [-0.3, -0.25) is 14.6 Å². The van der Waals surface area contributed by atoms with E-state index in [1.807, 2.05) is 18.2 Å². The standard InChI is InChI=1S/C19H19N3O3/c23-18(22-17-13-5-4-12(10-13)16(17)19(24)25)15-3-1-2-14(21-15)11-6-8-20-9-7-11/h1-3,6-9,12-13,16-17H,4-5,10H2,(H,22,23)(H,24,25)/t12-,13+,16+,17-/m1/s1. The molecule has 128 valence electrons. The highest BCUT2D eigenvalue weighted by Crippen LogP contribution is 2.48. The first-order chi connectivity index (χ1) is 12.1. The number of aliphatic carboxylic acids is 1. The van der Waals surface area contributed by atoms with Crippen LogP contribution in [0, 0.1) is 17.8 Å². The number of carboxylic acid groups (broad SMARTS) is 1. The molecule has 0 aromatic carbocycles. The van der Waals surface area contributed by atoms with Gasteiger partial charge in [0, 0.05) is 24.0 Å². The molecule has 2 aliphatic carbocycles. The lowest BCUT2D eigenvalue weighted by Crippen LogP contribution is -2.47. The van der Waals surface area contributed by atoms with Gasteiger partial charge < -0.3 is 10.4 Å². The quantitative estimate of drug-likeness (QED) is 0.893. The van der Waals surface area contributed by atoms with E-state index in [1.54, 1.807) is 24.5 Å². The van der Waals surface area contributed by atoms with Crippen molar-refractivity contribution in [3.8, 4) is 11.3 Å². The Morgan fingerprint density at radius 3 is 2.60 bits per heavy atom. The lowest BCUT2D eigenvalue weighted by Gasteiger charge is -2.28. The summed E-state index contributed by atoms with van der Waals surface area (Å²) in [6.07, 6.45) is 6.19. The van der Waals surface area contributed by atoms with Gasteiger partial charge in [-0.25, -0.2) is 4.98 Å². The average Bonchev–Trinajstić information content (AvgIpc) is 3.24. The number of fused-ring (bicyclic) bond motifs is 2. The molecule has 4 rings (SSSR count). The van der Waals surface area contributed by atoms with Gasteiger partial charge in [-0.15, -0.1) is 0 Å². The number of amides is 1. The number of aromatic nitrogens is 2. The first kappa shape index (κ1) is 15.7. The molecule has 6 heteroatoms. The van der Waals surface area contributed by atoms with Crippen LogP contribution < -0.4 is 5.32 Å². The minimum atomic E-state index is -0.809. The number of carboxylic acids is 1. The van der Waals surface area contributed by atoms with Crippen molar-refractivity contribution in [2.24, 2.45) is 17.8 Å². The second-order valence-electron chi connectivity index (χ2n) is 6.84. The third kappa shape index (κ3) is 2.88. The van der Waals surface area contributed by atoms with Crippen molar-refractivity contribution in [2.75, 3.05) is 0 Å². The zero-order valence-electron chi connectivity index (χ0n) is 13.6. The molecular formula is C19H19N3O3. The summed E-state index contributed by atoms with van der Waals surface area (Å²) < 4.78 is 0. The summed E-state index contributed by atoms with van der Waals surface area (Å²) in [4.78, 5) is 32.6. The first-order valence-electron chi connectivity index (χ1n) is 8.54. The predicted molar refractivity (Wildman–Crippen MR) is 90.7 cm³/mol. The third-order valence-electron chi connectivity index (χ3n) is 5.46. The van der Waals surface area contributed by atoms with Crippen LogP contribution >= 0.6 is 0 Å². The van der Waals surface area contributed by atoms with E-state index in [9.17, 15) is 14.7 Å². The maximum atomic E-state index is 12.6. The Labute approximate surface area is 145 Å². The van der Waals surface area contributed by atoms with Crippen molar-refractivity contribution in [3.63, 3.8) is 0 Å². The Morgan fingerprint density at radius 2 is 1.84 bits per heavy atom. The number of hydrogen-bond acceptors (Lipinski definition) is 4. The highest BCUT2D eigenvalue weighted by Gasteiger charge is 2.51. The summed E-state index contributed by atoms with van der Waals surface area (Å²) >= 11 is 0. The van der Waals surface area contributed by atoms with Crippen molar-refractivity contribution in [1.82, 2.24) is 15.3 Å². The van der Waals surface area contributed by atoms with Crippen LogP contribution in [0.15, 0.2) is 42.7 Å². The third-order valence-corrected chi connectivity index (χ3v) is 5.46. The average molecular weight is 337 g/mol. The van der Waals surface area contributed by atoms with Gasteiger partial charge in [0.05, 0.1) is 11.6 Å². The Balaban J connectivity index is 1.55. The van der Waals surface area contributed by atoms with Gasteiger partial charge >= 0.3 is 5.97 Å². The van der Waals surface area contributed by atoms with Gasteiger partial charge in [0.2, 0.25) is 0 Å². The van der Waals surface area contributed by atoms with Crippen molar-refractivity contribution in [2.45, 2.75) is 25.3 Å². The largest absolute Gasteiger partial charge is 0.481 e. The topological polar surface area (TPSA) is 92.2 Å². The Kier molecular flexibility index (Phi) is 3.95. The Bertz CT molecular complexity index is 809. The Morgan fingerprint density at radius 1 is 1.08 bits per heavy atom. The minimum Gasteiger partial charge on any atom is -0.481 e. The number of pyridine rings is 2. The fourth-order valence-electron chi connectivity index (χ4n) is 4.32. The molecule has 0 aliphatic heterocycles. The maximum absolute atomic E-state index is 12.6. The highest BCUT2D eigenvalue weighted by atomic mass is 16.4. The molecule has 0 saturated heterocycles. The van der Waals surface area contributed by atoms with Crippen LogP contribution in [0.5, 0.6) is 0 Å². The van der Waals surface area contributed by atoms with Crippen molar-refractivity contribution < 1.29 is 14.7 Å². The smallest absolute Gasteiger partial charge is 0.308 e. The number of rotatable bonds is 4. The minimum absolute atomic E-state index is 0.184. The van der Waals surface area contributed by atoms with Gasteiger partial charge in [0.1, 0.15) is 5.69 Å². The molecule has 1 amide bonds. The van der Waals surface area contributed by atoms with Crippen LogP contribution in [0.3, 0.4) is 0 Å². The highest BCUT2D eigenvalue weighted by molar-refractivity contribution is 5.93. The molecular weight excluding hydrogens is 318 g/mol. The SMILES string of the molecule is O=C(N[C@@H]1[C@H]2CC[C@H](C2)[C@@H]1C(=O)O)c1cccc(-c2ccncc2)n1. The monoisotopic (exact) mass is 337 g/mol. The summed E-state index contributed by atoms with van der Waals surface area (Å²) in [5.41, 5.74) is 1.88. The number of hydrogen-bond donors (Lipinski definition) is 2. The van der Waals surface area contributed by atoms with E-state index in [4.69, 9.17) is 0 Å². The van der Waals surface area contributed by atoms with Gasteiger partial charge in [-0.05, 0) is 55.4 Å². The zero-order chi connectivity index (χ0) is 17.4. The van der Waals surface area contributed by atoms with Gasteiger partial charge in [-0.2, -0.15) is 0 Å². The van der Waals surface area contributed by atoms with Crippen LogP contribution in [0.25, 0.3) is 11.3 Å². The van der Waals surface area contributed by atoms with Crippen LogP contribution in [0.2, 0.25) is 0 Å². The molecule has 0 unspecified atom stereocenters. The number of carbonyl (C=O) groups excluding carboxylic acids is 1. The van der Waals surface area contributed by atoms with Crippen LogP contribution in [-0.4, -0.2) is 33.0 Å². The van der Waals surface area contributed by atoms with E-state index < -0.39 is 11.9 Å². The van der Waals surface area contributed by atoms with E-state index >= 15 is 0 Å². The summed E-state index contributed by atoms with van der Waals surface area (Å²) in [5.74, 6) is -1.15. The second kappa shape index (κ2) is 6.27. The van der Waals surface area contributed by atoms with Crippen molar-refractivity contribution >= 4 is 11.9 Å².